The molecule has 0 saturated heterocycles. The van der Waals surface area contributed by atoms with Crippen molar-refractivity contribution in [2.45, 2.75) is 12.6 Å². The lowest BCUT2D eigenvalue weighted by atomic mass is 10.1. The van der Waals surface area contributed by atoms with Crippen LogP contribution < -0.4 is 10.6 Å². The Morgan fingerprint density at radius 3 is 2.24 bits per heavy atom. The summed E-state index contributed by atoms with van der Waals surface area (Å²) in [6.07, 6.45) is -4.89. The van der Waals surface area contributed by atoms with Crippen LogP contribution in [0.15, 0.2) is 48.5 Å². The number of benzene rings is 2. The fourth-order valence-electron chi connectivity index (χ4n) is 2.09. The van der Waals surface area contributed by atoms with Crippen molar-refractivity contribution in [1.29, 1.82) is 0 Å². The Kier molecular flexibility index (Phi) is 5.74. The van der Waals surface area contributed by atoms with E-state index in [1.807, 2.05) is 0 Å². The molecule has 2 aromatic rings. The van der Waals surface area contributed by atoms with E-state index < -0.39 is 41.6 Å². The van der Waals surface area contributed by atoms with Crippen LogP contribution in [0.25, 0.3) is 0 Å². The van der Waals surface area contributed by atoms with Crippen LogP contribution in [0.5, 0.6) is 0 Å². The Morgan fingerprint density at radius 2 is 1.56 bits per heavy atom. The summed E-state index contributed by atoms with van der Waals surface area (Å²) in [4.78, 5) is 23.5. The second kappa shape index (κ2) is 7.78. The van der Waals surface area contributed by atoms with E-state index in [1.165, 1.54) is 30.3 Å². The highest BCUT2D eigenvalue weighted by Gasteiger charge is 2.33. The molecule has 0 aromatic heterocycles. The third kappa shape index (κ3) is 5.30. The molecule has 0 fully saturated rings. The molecule has 0 unspecified atom stereocenters. The van der Waals surface area contributed by atoms with Gasteiger partial charge in [0.05, 0.1) is 24.2 Å². The average molecular weight is 354 g/mol. The van der Waals surface area contributed by atoms with Crippen molar-refractivity contribution >= 4 is 17.5 Å². The van der Waals surface area contributed by atoms with Crippen LogP contribution in [0.1, 0.15) is 11.1 Å². The molecule has 2 rings (SSSR count). The van der Waals surface area contributed by atoms with Crippen molar-refractivity contribution in [3.63, 3.8) is 0 Å². The van der Waals surface area contributed by atoms with Crippen molar-refractivity contribution in [2.75, 3.05) is 11.9 Å². The maximum absolute atomic E-state index is 13.4. The van der Waals surface area contributed by atoms with Crippen molar-refractivity contribution in [2.24, 2.45) is 0 Å². The maximum Gasteiger partial charge on any atom is 0.418 e. The molecule has 132 valence electrons. The quantitative estimate of drug-likeness (QED) is 0.811. The molecule has 0 radical (unpaired) electrons. The second-order valence-corrected chi connectivity index (χ2v) is 5.14. The number of hydrogen-bond acceptors (Lipinski definition) is 2. The summed E-state index contributed by atoms with van der Waals surface area (Å²) < 4.78 is 51.9. The van der Waals surface area contributed by atoms with E-state index in [9.17, 15) is 27.2 Å². The zero-order valence-electron chi connectivity index (χ0n) is 12.9. The molecule has 0 spiro atoms. The fraction of sp³-hybridized carbons (Fsp3) is 0.176. The maximum atomic E-state index is 13.4. The van der Waals surface area contributed by atoms with Gasteiger partial charge in [0.25, 0.3) is 0 Å². The molecule has 0 saturated carbocycles. The number of alkyl halides is 3. The van der Waals surface area contributed by atoms with Crippen molar-refractivity contribution in [3.8, 4) is 0 Å². The van der Waals surface area contributed by atoms with Gasteiger partial charge >= 0.3 is 6.18 Å². The van der Waals surface area contributed by atoms with Gasteiger partial charge in [-0.25, -0.2) is 4.39 Å². The number of amides is 2. The monoisotopic (exact) mass is 354 g/mol. The highest BCUT2D eigenvalue weighted by Crippen LogP contribution is 2.34. The summed E-state index contributed by atoms with van der Waals surface area (Å²) >= 11 is 0. The molecule has 0 heterocycles. The van der Waals surface area contributed by atoms with Gasteiger partial charge in [0.2, 0.25) is 11.8 Å². The molecular weight excluding hydrogens is 340 g/mol. The Labute approximate surface area is 140 Å². The van der Waals surface area contributed by atoms with Gasteiger partial charge in [0.1, 0.15) is 5.82 Å². The molecule has 2 aromatic carbocycles. The first-order valence-electron chi connectivity index (χ1n) is 7.23. The van der Waals surface area contributed by atoms with Crippen molar-refractivity contribution in [1.82, 2.24) is 5.32 Å². The molecule has 25 heavy (non-hydrogen) atoms. The predicted molar refractivity (Wildman–Crippen MR) is 83.2 cm³/mol. The molecule has 2 amide bonds. The van der Waals surface area contributed by atoms with Crippen LogP contribution in [0, 0.1) is 5.82 Å². The minimum absolute atomic E-state index is 0.155. The van der Waals surface area contributed by atoms with E-state index in [0.717, 1.165) is 12.1 Å². The van der Waals surface area contributed by atoms with E-state index >= 15 is 0 Å². The Bertz CT molecular complexity index is 775. The zero-order chi connectivity index (χ0) is 18.4. The molecule has 0 aliphatic heterocycles. The number of hydrogen-bond donors (Lipinski definition) is 2. The number of carbonyl (C=O) groups is 2. The lowest BCUT2D eigenvalue weighted by Gasteiger charge is -2.13. The lowest BCUT2D eigenvalue weighted by molar-refractivity contribution is -0.137. The molecule has 0 aliphatic rings. The summed E-state index contributed by atoms with van der Waals surface area (Å²) in [6, 6.07) is 10.2. The zero-order valence-corrected chi connectivity index (χ0v) is 12.9. The van der Waals surface area contributed by atoms with Gasteiger partial charge in [-0.1, -0.05) is 30.3 Å². The van der Waals surface area contributed by atoms with Gasteiger partial charge in [-0.3, -0.25) is 9.59 Å². The van der Waals surface area contributed by atoms with Gasteiger partial charge in [-0.05, 0) is 23.8 Å². The molecule has 0 atom stereocenters. The van der Waals surface area contributed by atoms with E-state index in [4.69, 9.17) is 0 Å². The van der Waals surface area contributed by atoms with Crippen LogP contribution in [0.4, 0.5) is 23.2 Å². The SMILES string of the molecule is O=C(Cc1ccccc1F)NCC(=O)Nc1ccccc1C(F)(F)F. The summed E-state index contributed by atoms with van der Waals surface area (Å²) in [5.41, 5.74) is -1.23. The van der Waals surface area contributed by atoms with Crippen LogP contribution in [0.2, 0.25) is 0 Å². The number of halogens is 4. The average Bonchev–Trinajstić information content (AvgIpc) is 2.55. The van der Waals surface area contributed by atoms with E-state index in [-0.39, 0.29) is 12.0 Å². The molecule has 0 aliphatic carbocycles. The predicted octanol–water partition coefficient (Wildman–Crippen LogP) is 3.14. The Hall–Kier alpha value is -2.90. The fourth-order valence-corrected chi connectivity index (χ4v) is 2.09. The number of rotatable bonds is 5. The Morgan fingerprint density at radius 1 is 0.920 bits per heavy atom. The standard InChI is InChI=1S/C17H14F4N2O2/c18-13-7-3-1-5-11(13)9-15(24)22-10-16(25)23-14-8-4-2-6-12(14)17(19,20)21/h1-8H,9-10H2,(H,22,24)(H,23,25). The van der Waals surface area contributed by atoms with Crippen LogP contribution in [0.3, 0.4) is 0 Å². The number of nitrogens with one attached hydrogen (secondary N) is 2. The third-order valence-electron chi connectivity index (χ3n) is 3.26. The highest BCUT2D eigenvalue weighted by atomic mass is 19.4. The van der Waals surface area contributed by atoms with Crippen LogP contribution >= 0.6 is 0 Å². The van der Waals surface area contributed by atoms with Gasteiger partial charge in [0.15, 0.2) is 0 Å². The minimum atomic E-state index is -4.61. The van der Waals surface area contributed by atoms with E-state index in [2.05, 4.69) is 10.6 Å². The van der Waals surface area contributed by atoms with E-state index in [0.29, 0.717) is 0 Å². The molecule has 0 bridgehead atoms. The number of carbonyl (C=O) groups excluding carboxylic acids is 2. The molecule has 2 N–H and O–H groups in total. The largest absolute Gasteiger partial charge is 0.418 e. The van der Waals surface area contributed by atoms with Crippen LogP contribution in [-0.2, 0) is 22.2 Å². The van der Waals surface area contributed by atoms with E-state index in [1.54, 1.807) is 6.07 Å². The first-order valence-corrected chi connectivity index (χ1v) is 7.23. The lowest BCUT2D eigenvalue weighted by Crippen LogP contribution is -2.34. The summed E-state index contributed by atoms with van der Waals surface area (Å²) in [6.45, 7) is -0.528. The first kappa shape index (κ1) is 18.4. The van der Waals surface area contributed by atoms with Gasteiger partial charge < -0.3 is 10.6 Å². The first-order chi connectivity index (χ1) is 11.8. The smallest absolute Gasteiger partial charge is 0.347 e. The molecular formula is C17H14F4N2O2. The van der Waals surface area contributed by atoms with Gasteiger partial charge in [-0.15, -0.1) is 0 Å². The number of para-hydroxylation sites is 1. The molecule has 4 nitrogen and oxygen atoms in total. The third-order valence-corrected chi connectivity index (χ3v) is 3.26. The summed E-state index contributed by atoms with van der Waals surface area (Å²) in [7, 11) is 0. The number of anilines is 1. The normalized spacial score (nSPS) is 11.0. The van der Waals surface area contributed by atoms with Crippen LogP contribution in [-0.4, -0.2) is 18.4 Å². The molecule has 8 heteroatoms. The summed E-state index contributed by atoms with van der Waals surface area (Å²) in [5.74, 6) is -2.00. The summed E-state index contributed by atoms with van der Waals surface area (Å²) in [5, 5.41) is 4.34. The highest BCUT2D eigenvalue weighted by molar-refractivity contribution is 5.95. The Balaban J connectivity index is 1.91. The van der Waals surface area contributed by atoms with Crippen molar-refractivity contribution in [3.05, 3.63) is 65.5 Å². The van der Waals surface area contributed by atoms with Gasteiger partial charge in [-0.2, -0.15) is 13.2 Å². The topological polar surface area (TPSA) is 58.2 Å². The van der Waals surface area contributed by atoms with Gasteiger partial charge in [0, 0.05) is 0 Å². The van der Waals surface area contributed by atoms with Crippen molar-refractivity contribution < 1.29 is 27.2 Å². The minimum Gasteiger partial charge on any atom is -0.347 e. The second-order valence-electron chi connectivity index (χ2n) is 5.14.